The Kier molecular flexibility index (Phi) is 12.4. The van der Waals surface area contributed by atoms with Crippen LogP contribution in [0.1, 0.15) is 26.3 Å². The van der Waals surface area contributed by atoms with Crippen LogP contribution in [0.4, 0.5) is 5.69 Å². The van der Waals surface area contributed by atoms with E-state index in [2.05, 4.69) is 57.1 Å². The number of anilines is 1. The van der Waals surface area contributed by atoms with Crippen LogP contribution in [0.5, 0.6) is 11.5 Å². The summed E-state index contributed by atoms with van der Waals surface area (Å²) in [5.74, 6) is 1.17. The van der Waals surface area contributed by atoms with Gasteiger partial charge >= 0.3 is 21.1 Å². The van der Waals surface area contributed by atoms with Crippen LogP contribution >= 0.6 is 0 Å². The Bertz CT molecular complexity index is 1700. The van der Waals surface area contributed by atoms with Crippen LogP contribution in [-0.4, -0.2) is 21.5 Å². The molecule has 6 rings (SSSR count). The molecule has 0 unspecified atom stereocenters. The fourth-order valence-corrected chi connectivity index (χ4v) is 4.22. The van der Waals surface area contributed by atoms with Crippen molar-refractivity contribution >= 4 is 5.69 Å². The van der Waals surface area contributed by atoms with Gasteiger partial charge in [-0.3, -0.25) is 12.1 Å². The fraction of sp³-hybridized carbons (Fsp3) is 0.135. The molecule has 5 aromatic rings. The number of hydrogen-bond donors (Lipinski definition) is 0. The molecule has 7 heteroatoms. The summed E-state index contributed by atoms with van der Waals surface area (Å²) in [7, 11) is 1.98. The van der Waals surface area contributed by atoms with Gasteiger partial charge < -0.3 is 42.1 Å². The molecule has 226 valence electrons. The molecule has 2 aromatic heterocycles. The molecule has 5 nitrogen and oxygen atoms in total. The Balaban J connectivity index is 0.000000520. The summed E-state index contributed by atoms with van der Waals surface area (Å²) in [5, 5.41) is 0. The minimum absolute atomic E-state index is 0. The van der Waals surface area contributed by atoms with E-state index in [-0.39, 0.29) is 47.5 Å². The van der Waals surface area contributed by atoms with E-state index in [9.17, 15) is 0 Å². The third-order valence-electron chi connectivity index (χ3n) is 6.32. The third kappa shape index (κ3) is 8.85. The van der Waals surface area contributed by atoms with E-state index in [0.717, 1.165) is 22.4 Å². The fourth-order valence-electron chi connectivity index (χ4n) is 4.22. The number of benzene rings is 3. The number of pyridine rings is 1. The first-order valence-corrected chi connectivity index (χ1v) is 13.4. The zero-order valence-electron chi connectivity index (χ0n) is 24.6. The van der Waals surface area contributed by atoms with Crippen LogP contribution in [0.15, 0.2) is 97.7 Å². The molecule has 0 amide bonds. The van der Waals surface area contributed by atoms with E-state index in [1.807, 2.05) is 109 Å². The average Bonchev–Trinajstić information content (AvgIpc) is 3.70. The van der Waals surface area contributed by atoms with E-state index in [4.69, 9.17) is 16.1 Å². The van der Waals surface area contributed by atoms with E-state index >= 15 is 0 Å². The van der Waals surface area contributed by atoms with Crippen LogP contribution in [-0.2, 0) is 47.5 Å². The number of hydrogen-bond acceptors (Lipinski definition) is 4. The van der Waals surface area contributed by atoms with Crippen molar-refractivity contribution in [2.45, 2.75) is 26.2 Å². The van der Waals surface area contributed by atoms with E-state index in [0.29, 0.717) is 22.8 Å². The Morgan fingerprint density at radius 3 is 2.30 bits per heavy atom. The molecule has 0 atom stereocenters. The smallest absolute Gasteiger partial charge is 0.669 e. The molecular formula is C37H29N4OPt2-3. The van der Waals surface area contributed by atoms with E-state index in [1.54, 1.807) is 17.0 Å². The summed E-state index contributed by atoms with van der Waals surface area (Å²) in [6, 6.07) is 39.9. The zero-order chi connectivity index (χ0) is 29.5. The Morgan fingerprint density at radius 1 is 0.886 bits per heavy atom. The largest absolute Gasteiger partial charge is 4.00 e. The van der Waals surface area contributed by atoms with Gasteiger partial charge in [-0.1, -0.05) is 31.9 Å². The second-order valence-electron chi connectivity index (χ2n) is 10.6. The van der Waals surface area contributed by atoms with Crippen LogP contribution in [0, 0.1) is 49.5 Å². The SMILES string of the molecule is CN1C=CN(c2[c-]c(Oc3[c-]c(-c4[c-]c(-c5[c-]cccc5)c(C(C)(C)C)cn4)[c-]cc3)ccc2)[CH-]1.[C-]#Cn1cccc1.[Pt+4].[Pt]. The molecule has 1 aliphatic heterocycles. The van der Waals surface area contributed by atoms with Crippen molar-refractivity contribution < 1.29 is 46.9 Å². The molecule has 3 aromatic carbocycles. The first-order valence-electron chi connectivity index (χ1n) is 13.4. The number of rotatable bonds is 5. The summed E-state index contributed by atoms with van der Waals surface area (Å²) in [6.07, 6.45) is 16.0. The molecule has 0 radical (unpaired) electrons. The van der Waals surface area contributed by atoms with Gasteiger partial charge in [0.2, 0.25) is 0 Å². The Morgan fingerprint density at radius 2 is 1.66 bits per heavy atom. The minimum atomic E-state index is -0.0863. The molecular weight excluding hydrogens is 907 g/mol. The molecule has 0 spiro atoms. The summed E-state index contributed by atoms with van der Waals surface area (Å²) >= 11 is 0. The van der Waals surface area contributed by atoms with Crippen LogP contribution < -0.4 is 9.64 Å². The third-order valence-corrected chi connectivity index (χ3v) is 6.32. The normalized spacial score (nSPS) is 11.9. The van der Waals surface area contributed by atoms with Crippen molar-refractivity contribution in [2.24, 2.45) is 0 Å². The monoisotopic (exact) mass is 935 g/mol. The summed E-state index contributed by atoms with van der Waals surface area (Å²) in [6.45, 7) is 8.50. The van der Waals surface area contributed by atoms with Crippen LogP contribution in [0.25, 0.3) is 22.4 Å². The zero-order valence-corrected chi connectivity index (χ0v) is 29.2. The standard InChI is InChI=1S/C31H25N3O.C6H4N.2Pt/c1-31(2,3)29-21-32-30(20-28(29)23-10-6-5-7-11-23)24-12-8-14-26(18-24)35-27-15-9-13-25(19-27)34-17-16-33(4)22-34;1-2-7-5-3-4-6-7;;/h5-10,13-17,21-22H,1-4H3;3-6H;;/q-6;-1;;+4. The summed E-state index contributed by atoms with van der Waals surface area (Å²) in [4.78, 5) is 8.67. The van der Waals surface area contributed by atoms with Crippen LogP contribution in [0.2, 0.25) is 0 Å². The van der Waals surface area contributed by atoms with Crippen molar-refractivity contribution in [3.8, 4) is 39.9 Å². The molecule has 0 fully saturated rings. The van der Waals surface area contributed by atoms with Crippen molar-refractivity contribution in [1.82, 2.24) is 14.5 Å². The number of nitrogens with zero attached hydrogens (tertiary/aromatic N) is 4. The minimum Gasteiger partial charge on any atom is -0.669 e. The molecule has 0 bridgehead atoms. The average molecular weight is 936 g/mol. The first-order chi connectivity index (χ1) is 20.3. The predicted molar refractivity (Wildman–Crippen MR) is 165 cm³/mol. The van der Waals surface area contributed by atoms with Gasteiger partial charge in [-0.25, -0.2) is 23.2 Å². The van der Waals surface area contributed by atoms with Crippen molar-refractivity contribution in [3.05, 3.63) is 147 Å². The second kappa shape index (κ2) is 15.8. The number of aromatic nitrogens is 2. The maximum absolute atomic E-state index is 6.57. The molecule has 0 saturated heterocycles. The molecule has 44 heavy (non-hydrogen) atoms. The molecule has 0 aliphatic carbocycles. The van der Waals surface area contributed by atoms with Crippen molar-refractivity contribution in [2.75, 3.05) is 11.9 Å². The van der Waals surface area contributed by atoms with Crippen molar-refractivity contribution in [1.29, 1.82) is 0 Å². The van der Waals surface area contributed by atoms with Crippen molar-refractivity contribution in [3.63, 3.8) is 0 Å². The maximum Gasteiger partial charge on any atom is 4.00 e. The topological polar surface area (TPSA) is 33.5 Å². The van der Waals surface area contributed by atoms with Gasteiger partial charge in [0, 0.05) is 39.2 Å². The Labute approximate surface area is 290 Å². The van der Waals surface area contributed by atoms with Gasteiger partial charge in [-0.15, -0.1) is 35.5 Å². The van der Waals surface area contributed by atoms with Crippen LogP contribution in [0.3, 0.4) is 0 Å². The first kappa shape index (κ1) is 34.7. The van der Waals surface area contributed by atoms with Gasteiger partial charge in [-0.2, -0.15) is 48.8 Å². The number of ether oxygens (including phenoxy) is 1. The second-order valence-corrected chi connectivity index (χ2v) is 10.6. The molecule has 0 N–H and O–H groups in total. The molecule has 1 aliphatic rings. The van der Waals surface area contributed by atoms with Gasteiger partial charge in [0.25, 0.3) is 0 Å². The quantitative estimate of drug-likeness (QED) is 0.134. The van der Waals surface area contributed by atoms with Gasteiger partial charge in [0.05, 0.1) is 0 Å². The van der Waals surface area contributed by atoms with E-state index < -0.39 is 0 Å². The van der Waals surface area contributed by atoms with Gasteiger partial charge in [-0.05, 0) is 37.8 Å². The summed E-state index contributed by atoms with van der Waals surface area (Å²) in [5.41, 5.74) is 5.23. The molecule has 0 saturated carbocycles. The molecule has 3 heterocycles. The summed E-state index contributed by atoms with van der Waals surface area (Å²) < 4.78 is 7.64. The Hall–Kier alpha value is -3.83. The van der Waals surface area contributed by atoms with E-state index in [1.165, 1.54) is 0 Å². The predicted octanol–water partition coefficient (Wildman–Crippen LogP) is 7.73. The maximum atomic E-state index is 6.57. The van der Waals surface area contributed by atoms with Gasteiger partial charge in [0.15, 0.2) is 0 Å². The van der Waals surface area contributed by atoms with Gasteiger partial charge in [0.1, 0.15) is 0 Å².